The van der Waals surface area contributed by atoms with Gasteiger partial charge in [0.1, 0.15) is 0 Å². The fourth-order valence-electron chi connectivity index (χ4n) is 2.32. The average molecular weight is 236 g/mol. The van der Waals surface area contributed by atoms with E-state index in [1.54, 1.807) is 6.26 Å². The van der Waals surface area contributed by atoms with Gasteiger partial charge in [0.05, 0.1) is 6.26 Å². The number of aldehydes is 1. The molecule has 0 aliphatic rings. The molecule has 0 radical (unpaired) electrons. The summed E-state index contributed by atoms with van der Waals surface area (Å²) < 4.78 is 5.18. The second-order valence-corrected chi connectivity index (χ2v) is 4.29. The minimum absolute atomic E-state index is 0.379. The van der Waals surface area contributed by atoms with Gasteiger partial charge >= 0.3 is 0 Å². The quantitative estimate of drug-likeness (QED) is 0.623. The van der Waals surface area contributed by atoms with Crippen LogP contribution in [0.5, 0.6) is 0 Å². The van der Waals surface area contributed by atoms with Gasteiger partial charge in [-0.25, -0.2) is 0 Å². The smallest absolute Gasteiger partial charge is 0.185 e. The van der Waals surface area contributed by atoms with Crippen molar-refractivity contribution in [3.63, 3.8) is 0 Å². The van der Waals surface area contributed by atoms with Gasteiger partial charge in [-0.2, -0.15) is 0 Å². The van der Waals surface area contributed by atoms with E-state index in [4.69, 9.17) is 4.42 Å². The monoisotopic (exact) mass is 236 g/mol. The highest BCUT2D eigenvalue weighted by Crippen LogP contribution is 2.32. The molecule has 0 saturated heterocycles. The molecule has 2 nitrogen and oxygen atoms in total. The van der Waals surface area contributed by atoms with Crippen LogP contribution < -0.4 is 0 Å². The molecule has 0 spiro atoms. The van der Waals surface area contributed by atoms with Crippen LogP contribution in [0.1, 0.15) is 16.1 Å². The third kappa shape index (κ3) is 1.54. The Morgan fingerprint density at radius 3 is 2.50 bits per heavy atom. The molecule has 1 aromatic heterocycles. The highest BCUT2D eigenvalue weighted by atomic mass is 16.3. The number of hydrogen-bond donors (Lipinski definition) is 0. The molecule has 0 N–H and O–H groups in total. The van der Waals surface area contributed by atoms with Crippen molar-refractivity contribution < 1.29 is 9.21 Å². The molecule has 0 unspecified atom stereocenters. The molecular formula is C16H12O2. The van der Waals surface area contributed by atoms with Crippen molar-refractivity contribution in [1.82, 2.24) is 0 Å². The third-order valence-corrected chi connectivity index (χ3v) is 3.23. The molecule has 18 heavy (non-hydrogen) atoms. The van der Waals surface area contributed by atoms with Crippen molar-refractivity contribution in [3.05, 3.63) is 60.1 Å². The van der Waals surface area contributed by atoms with E-state index in [1.165, 1.54) is 10.9 Å². The number of carbonyl (C=O) groups excluding carboxylic acids is 1. The van der Waals surface area contributed by atoms with Crippen LogP contribution in [0.15, 0.2) is 53.1 Å². The van der Waals surface area contributed by atoms with Gasteiger partial charge in [0.2, 0.25) is 0 Å². The lowest BCUT2D eigenvalue weighted by Crippen LogP contribution is -1.86. The average Bonchev–Trinajstić information content (AvgIpc) is 2.88. The van der Waals surface area contributed by atoms with Crippen molar-refractivity contribution >= 4 is 17.1 Å². The maximum atomic E-state index is 11.0. The summed E-state index contributed by atoms with van der Waals surface area (Å²) in [6, 6.07) is 14.1. The molecule has 1 heterocycles. The first-order chi connectivity index (χ1) is 8.81. The topological polar surface area (TPSA) is 30.2 Å². The number of hydrogen-bond acceptors (Lipinski definition) is 2. The number of benzene rings is 2. The summed E-state index contributed by atoms with van der Waals surface area (Å²) in [5, 5.41) is 2.34. The molecule has 3 rings (SSSR count). The van der Waals surface area contributed by atoms with Gasteiger partial charge in [-0.05, 0) is 34.9 Å². The van der Waals surface area contributed by atoms with E-state index < -0.39 is 0 Å². The van der Waals surface area contributed by atoms with Gasteiger partial charge in [-0.3, -0.25) is 4.79 Å². The zero-order valence-electron chi connectivity index (χ0n) is 10.0. The van der Waals surface area contributed by atoms with E-state index in [2.05, 4.69) is 25.1 Å². The Hall–Kier alpha value is -2.35. The van der Waals surface area contributed by atoms with Crippen molar-refractivity contribution in [2.75, 3.05) is 0 Å². The van der Waals surface area contributed by atoms with Gasteiger partial charge in [-0.1, -0.05) is 36.4 Å². The Balaban J connectivity index is 2.37. The lowest BCUT2D eigenvalue weighted by atomic mass is 9.96. The summed E-state index contributed by atoms with van der Waals surface area (Å²) in [6.45, 7) is 2.09. The highest BCUT2D eigenvalue weighted by molar-refractivity contribution is 6.01. The number of fused-ring (bicyclic) bond motifs is 1. The fraction of sp³-hybridized carbons (Fsp3) is 0.0625. The minimum Gasteiger partial charge on any atom is -0.461 e. The predicted molar refractivity (Wildman–Crippen MR) is 71.8 cm³/mol. The van der Waals surface area contributed by atoms with E-state index in [0.717, 1.165) is 22.8 Å². The van der Waals surface area contributed by atoms with Crippen molar-refractivity contribution in [2.24, 2.45) is 0 Å². The Morgan fingerprint density at radius 1 is 0.944 bits per heavy atom. The molecule has 2 aromatic carbocycles. The first-order valence-corrected chi connectivity index (χ1v) is 5.82. The van der Waals surface area contributed by atoms with Gasteiger partial charge < -0.3 is 4.42 Å². The molecule has 0 aliphatic carbocycles. The van der Waals surface area contributed by atoms with E-state index in [1.807, 2.05) is 24.3 Å². The van der Waals surface area contributed by atoms with Crippen LogP contribution in [-0.4, -0.2) is 6.29 Å². The number of rotatable bonds is 2. The molecule has 0 saturated carbocycles. The third-order valence-electron chi connectivity index (χ3n) is 3.23. The molecule has 0 atom stereocenters. The summed E-state index contributed by atoms with van der Waals surface area (Å²) >= 11 is 0. The Morgan fingerprint density at radius 2 is 1.72 bits per heavy atom. The first-order valence-electron chi connectivity index (χ1n) is 5.82. The van der Waals surface area contributed by atoms with Crippen molar-refractivity contribution in [3.8, 4) is 11.1 Å². The van der Waals surface area contributed by atoms with Gasteiger partial charge in [0, 0.05) is 5.56 Å². The number of carbonyl (C=O) groups is 1. The first kappa shape index (κ1) is 10.8. The molecule has 0 fully saturated rings. The lowest BCUT2D eigenvalue weighted by molar-refractivity contribution is 0.110. The predicted octanol–water partition coefficient (Wildman–Crippen LogP) is 4.22. The standard InChI is InChI=1S/C16H12O2/c1-11-6-7-14(13-5-3-2-4-12(11)13)15-8-9-18-16(15)10-17/h2-10H,1H3. The maximum Gasteiger partial charge on any atom is 0.185 e. The number of furan rings is 1. The summed E-state index contributed by atoms with van der Waals surface area (Å²) in [7, 11) is 0. The van der Waals surface area contributed by atoms with E-state index >= 15 is 0 Å². The summed E-state index contributed by atoms with van der Waals surface area (Å²) in [5.74, 6) is 0.379. The van der Waals surface area contributed by atoms with Crippen molar-refractivity contribution in [2.45, 2.75) is 6.92 Å². The van der Waals surface area contributed by atoms with Crippen LogP contribution in [0.4, 0.5) is 0 Å². The van der Waals surface area contributed by atoms with Crippen LogP contribution in [-0.2, 0) is 0 Å². The Kier molecular flexibility index (Phi) is 2.49. The zero-order chi connectivity index (χ0) is 12.5. The molecule has 0 amide bonds. The molecule has 0 bridgehead atoms. The Labute approximate surface area is 105 Å². The van der Waals surface area contributed by atoms with E-state index in [9.17, 15) is 4.79 Å². The fourth-order valence-corrected chi connectivity index (χ4v) is 2.32. The van der Waals surface area contributed by atoms with Crippen LogP contribution in [0.3, 0.4) is 0 Å². The largest absolute Gasteiger partial charge is 0.461 e. The second-order valence-electron chi connectivity index (χ2n) is 4.29. The van der Waals surface area contributed by atoms with Crippen LogP contribution >= 0.6 is 0 Å². The molecular weight excluding hydrogens is 224 g/mol. The lowest BCUT2D eigenvalue weighted by Gasteiger charge is -2.07. The highest BCUT2D eigenvalue weighted by Gasteiger charge is 2.11. The molecule has 3 aromatic rings. The van der Waals surface area contributed by atoms with E-state index in [0.29, 0.717) is 5.76 Å². The van der Waals surface area contributed by atoms with Crippen LogP contribution in [0.2, 0.25) is 0 Å². The van der Waals surface area contributed by atoms with Gasteiger partial charge in [0.25, 0.3) is 0 Å². The molecule has 0 aliphatic heterocycles. The van der Waals surface area contributed by atoms with Crippen LogP contribution in [0, 0.1) is 6.92 Å². The summed E-state index contributed by atoms with van der Waals surface area (Å²) in [6.07, 6.45) is 2.30. The number of aryl methyl sites for hydroxylation is 1. The van der Waals surface area contributed by atoms with Gasteiger partial charge in [-0.15, -0.1) is 0 Å². The minimum atomic E-state index is 0.379. The normalized spacial score (nSPS) is 10.7. The summed E-state index contributed by atoms with van der Waals surface area (Å²) in [5.41, 5.74) is 3.11. The SMILES string of the molecule is Cc1ccc(-c2ccoc2C=O)c2ccccc12. The molecule has 88 valence electrons. The summed E-state index contributed by atoms with van der Waals surface area (Å²) in [4.78, 5) is 11.0. The molecule has 2 heteroatoms. The zero-order valence-corrected chi connectivity index (χ0v) is 10.0. The Bertz CT molecular complexity index is 723. The second kappa shape index (κ2) is 4.15. The maximum absolute atomic E-state index is 11.0. The van der Waals surface area contributed by atoms with Crippen LogP contribution in [0.25, 0.3) is 21.9 Å². The van der Waals surface area contributed by atoms with Crippen molar-refractivity contribution in [1.29, 1.82) is 0 Å². The van der Waals surface area contributed by atoms with E-state index in [-0.39, 0.29) is 0 Å². The van der Waals surface area contributed by atoms with Gasteiger partial charge in [0.15, 0.2) is 12.0 Å².